The number of benzene rings is 1. The molecule has 2 aliphatic heterocycles. The van der Waals surface area contributed by atoms with Gasteiger partial charge in [-0.05, 0) is 31.9 Å². The zero-order chi connectivity index (χ0) is 13.5. The second-order valence-electron chi connectivity index (χ2n) is 5.11. The van der Waals surface area contributed by atoms with Crippen molar-refractivity contribution in [1.82, 2.24) is 4.31 Å². The first-order valence-electron chi connectivity index (χ1n) is 6.52. The van der Waals surface area contributed by atoms with Gasteiger partial charge in [0.25, 0.3) is 0 Å². The Morgan fingerprint density at radius 2 is 1.53 bits per heavy atom. The SMILES string of the molecule is Cc1ccc(S(=O)(=O)N2[C@@H]3C=CC[C@@H]2C=CC3)cc1. The van der Waals surface area contributed by atoms with Crippen LogP contribution in [0.25, 0.3) is 0 Å². The molecule has 0 saturated heterocycles. The van der Waals surface area contributed by atoms with Gasteiger partial charge in [0.15, 0.2) is 0 Å². The summed E-state index contributed by atoms with van der Waals surface area (Å²) in [5, 5.41) is 0. The molecule has 1 aromatic rings. The zero-order valence-electron chi connectivity index (χ0n) is 10.9. The fraction of sp³-hybridized carbons (Fsp3) is 0.333. The molecule has 4 heteroatoms. The number of sulfonamides is 1. The van der Waals surface area contributed by atoms with E-state index >= 15 is 0 Å². The number of nitrogens with zero attached hydrogens (tertiary/aromatic N) is 1. The topological polar surface area (TPSA) is 37.4 Å². The zero-order valence-corrected chi connectivity index (χ0v) is 11.7. The van der Waals surface area contributed by atoms with Crippen LogP contribution in [0.15, 0.2) is 53.5 Å². The van der Waals surface area contributed by atoms with E-state index in [2.05, 4.69) is 12.2 Å². The van der Waals surface area contributed by atoms with Gasteiger partial charge in [-0.1, -0.05) is 42.0 Å². The Hall–Kier alpha value is -1.39. The molecule has 0 unspecified atom stereocenters. The molecular weight excluding hydrogens is 258 g/mol. The molecule has 2 bridgehead atoms. The van der Waals surface area contributed by atoms with Gasteiger partial charge in [-0.15, -0.1) is 0 Å². The Morgan fingerprint density at radius 3 is 2.05 bits per heavy atom. The van der Waals surface area contributed by atoms with E-state index in [4.69, 9.17) is 0 Å². The van der Waals surface area contributed by atoms with Crippen molar-refractivity contribution >= 4 is 10.0 Å². The molecule has 100 valence electrons. The van der Waals surface area contributed by atoms with Crippen molar-refractivity contribution in [3.8, 4) is 0 Å². The molecule has 2 aliphatic rings. The van der Waals surface area contributed by atoms with E-state index in [0.717, 1.165) is 18.4 Å². The van der Waals surface area contributed by atoms with E-state index < -0.39 is 10.0 Å². The van der Waals surface area contributed by atoms with Crippen LogP contribution in [-0.2, 0) is 10.0 Å². The van der Waals surface area contributed by atoms with Crippen molar-refractivity contribution in [2.24, 2.45) is 0 Å². The summed E-state index contributed by atoms with van der Waals surface area (Å²) >= 11 is 0. The molecule has 1 aromatic carbocycles. The molecule has 0 aromatic heterocycles. The molecule has 19 heavy (non-hydrogen) atoms. The predicted molar refractivity (Wildman–Crippen MR) is 75.3 cm³/mol. The third-order valence-corrected chi connectivity index (χ3v) is 5.69. The van der Waals surface area contributed by atoms with Gasteiger partial charge in [-0.25, -0.2) is 8.42 Å². The first-order valence-corrected chi connectivity index (χ1v) is 7.96. The molecule has 0 radical (unpaired) electrons. The van der Waals surface area contributed by atoms with Crippen LogP contribution in [-0.4, -0.2) is 24.8 Å². The van der Waals surface area contributed by atoms with Crippen LogP contribution in [0.4, 0.5) is 0 Å². The van der Waals surface area contributed by atoms with Gasteiger partial charge in [0, 0.05) is 12.1 Å². The highest BCUT2D eigenvalue weighted by Gasteiger charge is 2.37. The first kappa shape index (κ1) is 12.6. The van der Waals surface area contributed by atoms with Crippen LogP contribution in [0.3, 0.4) is 0 Å². The molecule has 2 heterocycles. The van der Waals surface area contributed by atoms with E-state index in [1.807, 2.05) is 31.2 Å². The first-order chi connectivity index (χ1) is 9.09. The minimum atomic E-state index is -3.41. The Morgan fingerprint density at radius 1 is 1.00 bits per heavy atom. The van der Waals surface area contributed by atoms with Crippen molar-refractivity contribution in [3.63, 3.8) is 0 Å². The lowest BCUT2D eigenvalue weighted by Crippen LogP contribution is -2.48. The molecule has 0 spiro atoms. The number of fused-ring (bicyclic) bond motifs is 2. The van der Waals surface area contributed by atoms with E-state index in [0.29, 0.717) is 4.90 Å². The maximum Gasteiger partial charge on any atom is 0.244 e. The summed E-state index contributed by atoms with van der Waals surface area (Å²) in [5.74, 6) is 0. The van der Waals surface area contributed by atoms with E-state index in [1.54, 1.807) is 16.4 Å². The molecule has 0 N–H and O–H groups in total. The van der Waals surface area contributed by atoms with Gasteiger partial charge in [-0.2, -0.15) is 4.31 Å². The average molecular weight is 275 g/mol. The summed E-state index contributed by atoms with van der Waals surface area (Å²) in [6, 6.07) is 7.02. The second-order valence-corrected chi connectivity index (χ2v) is 6.95. The Balaban J connectivity index is 2.03. The second kappa shape index (κ2) is 4.62. The van der Waals surface area contributed by atoms with Crippen LogP contribution < -0.4 is 0 Å². The Kier molecular flexibility index (Phi) is 3.07. The summed E-state index contributed by atoms with van der Waals surface area (Å²) in [6.45, 7) is 1.96. The number of aryl methyl sites for hydroxylation is 1. The molecule has 2 atom stereocenters. The van der Waals surface area contributed by atoms with Crippen molar-refractivity contribution < 1.29 is 8.42 Å². The van der Waals surface area contributed by atoms with Gasteiger partial charge in [-0.3, -0.25) is 0 Å². The maximum absolute atomic E-state index is 12.8. The van der Waals surface area contributed by atoms with Crippen molar-refractivity contribution in [2.75, 3.05) is 0 Å². The molecular formula is C15H17NO2S. The number of hydrogen-bond donors (Lipinski definition) is 0. The highest BCUT2D eigenvalue weighted by atomic mass is 32.2. The monoisotopic (exact) mass is 275 g/mol. The van der Waals surface area contributed by atoms with Crippen LogP contribution in [0.5, 0.6) is 0 Å². The van der Waals surface area contributed by atoms with Gasteiger partial charge < -0.3 is 0 Å². The molecule has 3 nitrogen and oxygen atoms in total. The van der Waals surface area contributed by atoms with Gasteiger partial charge in [0.2, 0.25) is 10.0 Å². The molecule has 0 fully saturated rings. The minimum absolute atomic E-state index is 0.0324. The lowest BCUT2D eigenvalue weighted by Gasteiger charge is -2.39. The summed E-state index contributed by atoms with van der Waals surface area (Å²) in [6.07, 6.45) is 9.70. The van der Waals surface area contributed by atoms with Crippen LogP contribution in [0.2, 0.25) is 0 Å². The largest absolute Gasteiger partial charge is 0.244 e. The van der Waals surface area contributed by atoms with Gasteiger partial charge in [0.1, 0.15) is 0 Å². The smallest absolute Gasteiger partial charge is 0.207 e. The normalized spacial score (nSPS) is 26.6. The highest BCUT2D eigenvalue weighted by Crippen LogP contribution is 2.31. The third kappa shape index (κ3) is 2.15. The Bertz CT molecular complexity index is 609. The summed E-state index contributed by atoms with van der Waals surface area (Å²) in [4.78, 5) is 0.388. The van der Waals surface area contributed by atoms with E-state index in [1.165, 1.54) is 0 Å². The predicted octanol–water partition coefficient (Wildman–Crippen LogP) is 2.64. The van der Waals surface area contributed by atoms with Crippen molar-refractivity contribution in [3.05, 3.63) is 54.1 Å². The molecule has 3 rings (SSSR count). The van der Waals surface area contributed by atoms with Crippen molar-refractivity contribution in [2.45, 2.75) is 36.7 Å². The van der Waals surface area contributed by atoms with Crippen LogP contribution in [0.1, 0.15) is 18.4 Å². The maximum atomic E-state index is 12.8. The van der Waals surface area contributed by atoms with Crippen molar-refractivity contribution in [1.29, 1.82) is 0 Å². The fourth-order valence-corrected chi connectivity index (χ4v) is 4.47. The average Bonchev–Trinajstić information content (AvgIpc) is 2.38. The van der Waals surface area contributed by atoms with Crippen LogP contribution in [0, 0.1) is 6.92 Å². The Labute approximate surface area is 114 Å². The van der Waals surface area contributed by atoms with Gasteiger partial charge in [0.05, 0.1) is 4.90 Å². The standard InChI is InChI=1S/C15H17NO2S/c1-12-8-10-15(11-9-12)19(17,18)16-13-4-2-5-14(16)7-3-6-13/h2-4,7-11,13-14H,5-6H2,1H3/t13-,14-. The summed E-state index contributed by atoms with van der Waals surface area (Å²) in [5.41, 5.74) is 1.07. The molecule has 0 aliphatic carbocycles. The number of hydrogen-bond acceptors (Lipinski definition) is 2. The van der Waals surface area contributed by atoms with E-state index in [9.17, 15) is 8.42 Å². The number of rotatable bonds is 2. The lowest BCUT2D eigenvalue weighted by molar-refractivity contribution is 0.291. The summed E-state index contributed by atoms with van der Waals surface area (Å²) in [7, 11) is -3.41. The summed E-state index contributed by atoms with van der Waals surface area (Å²) < 4.78 is 27.2. The third-order valence-electron chi connectivity index (χ3n) is 3.72. The fourth-order valence-electron chi connectivity index (χ4n) is 2.72. The molecule has 0 amide bonds. The quantitative estimate of drug-likeness (QED) is 0.778. The van der Waals surface area contributed by atoms with Crippen LogP contribution >= 0.6 is 0 Å². The van der Waals surface area contributed by atoms with E-state index in [-0.39, 0.29) is 12.1 Å². The van der Waals surface area contributed by atoms with Gasteiger partial charge >= 0.3 is 0 Å². The molecule has 0 saturated carbocycles. The highest BCUT2D eigenvalue weighted by molar-refractivity contribution is 7.89. The minimum Gasteiger partial charge on any atom is -0.207 e. The lowest BCUT2D eigenvalue weighted by atomic mass is 9.98.